The quantitative estimate of drug-likeness (QED) is 0.687. The van der Waals surface area contributed by atoms with Gasteiger partial charge in [0.2, 0.25) is 0 Å². The molecule has 1 aliphatic rings. The maximum absolute atomic E-state index is 9.79. The summed E-state index contributed by atoms with van der Waals surface area (Å²) in [6, 6.07) is 0. The summed E-state index contributed by atoms with van der Waals surface area (Å²) in [5.41, 5.74) is 1.17. The van der Waals surface area contributed by atoms with Crippen molar-refractivity contribution >= 4 is 0 Å². The molecule has 0 saturated carbocycles. The van der Waals surface area contributed by atoms with Crippen molar-refractivity contribution in [3.8, 4) is 0 Å². The predicted octanol–water partition coefficient (Wildman–Crippen LogP) is 1.75. The molecule has 3 nitrogen and oxygen atoms in total. The Hall–Kier alpha value is -0.960. The highest BCUT2D eigenvalue weighted by Crippen LogP contribution is 2.44. The van der Waals surface area contributed by atoms with Crippen molar-refractivity contribution in [2.45, 2.75) is 20.8 Å². The molecule has 0 fully saturated rings. The van der Waals surface area contributed by atoms with Crippen molar-refractivity contribution in [1.82, 2.24) is 0 Å². The Morgan fingerprint density at radius 2 is 1.92 bits per heavy atom. The maximum atomic E-state index is 9.79. The normalized spacial score (nSPS) is 21.3. The molecule has 3 heteroatoms. The van der Waals surface area contributed by atoms with E-state index >= 15 is 0 Å². The first kappa shape index (κ1) is 10.1. The molecule has 0 aromatic heterocycles. The van der Waals surface area contributed by atoms with E-state index in [4.69, 9.17) is 9.84 Å². The van der Waals surface area contributed by atoms with Gasteiger partial charge in [-0.05, 0) is 31.9 Å². The third-order valence-corrected chi connectivity index (χ3v) is 2.72. The Morgan fingerprint density at radius 3 is 2.15 bits per heavy atom. The topological polar surface area (TPSA) is 49.7 Å². The second-order valence-corrected chi connectivity index (χ2v) is 3.77. The monoisotopic (exact) mass is 184 g/mol. The molecule has 0 aromatic carbocycles. The van der Waals surface area contributed by atoms with Crippen molar-refractivity contribution in [3.63, 3.8) is 0 Å². The molecule has 0 aromatic rings. The summed E-state index contributed by atoms with van der Waals surface area (Å²) in [5, 5.41) is 18.9. The second-order valence-electron chi connectivity index (χ2n) is 3.77. The summed E-state index contributed by atoms with van der Waals surface area (Å²) >= 11 is 0. The van der Waals surface area contributed by atoms with Crippen LogP contribution >= 0.6 is 0 Å². The largest absolute Gasteiger partial charge is 0.508 e. The van der Waals surface area contributed by atoms with E-state index in [2.05, 4.69) is 0 Å². The van der Waals surface area contributed by atoms with Crippen LogP contribution in [0.25, 0.3) is 0 Å². The summed E-state index contributed by atoms with van der Waals surface area (Å²) in [6.45, 7) is 5.53. The average Bonchev–Trinajstić information content (AvgIpc) is 2.20. The molecule has 74 valence electrons. The van der Waals surface area contributed by atoms with Gasteiger partial charge in [0.15, 0.2) is 5.76 Å². The fourth-order valence-corrected chi connectivity index (χ4v) is 1.78. The summed E-state index contributed by atoms with van der Waals surface area (Å²) in [6.07, 6.45) is 0. The predicted molar refractivity (Wildman–Crippen MR) is 50.2 cm³/mol. The van der Waals surface area contributed by atoms with Gasteiger partial charge in [0, 0.05) is 5.41 Å². The minimum absolute atomic E-state index is 0.0459. The van der Waals surface area contributed by atoms with Gasteiger partial charge in [-0.3, -0.25) is 0 Å². The Labute approximate surface area is 78.3 Å². The van der Waals surface area contributed by atoms with Crippen LogP contribution in [-0.2, 0) is 4.74 Å². The van der Waals surface area contributed by atoms with Gasteiger partial charge in [0.1, 0.15) is 5.76 Å². The van der Waals surface area contributed by atoms with Crippen molar-refractivity contribution in [2.24, 2.45) is 5.41 Å². The number of methoxy groups -OCH3 is 1. The van der Waals surface area contributed by atoms with Crippen LogP contribution in [0.15, 0.2) is 22.7 Å². The summed E-state index contributed by atoms with van der Waals surface area (Å²) in [5.74, 6) is 0.700. The number of hydrogen-bond donors (Lipinski definition) is 2. The van der Waals surface area contributed by atoms with Gasteiger partial charge in [0.05, 0.1) is 13.7 Å². The molecule has 0 saturated heterocycles. The number of aliphatic hydroxyl groups excluding tert-OH is 2. The Bertz CT molecular complexity index is 285. The maximum Gasteiger partial charge on any atom is 0.160 e. The zero-order valence-electron chi connectivity index (χ0n) is 8.51. The van der Waals surface area contributed by atoms with Gasteiger partial charge in [-0.15, -0.1) is 0 Å². The number of allylic oxidation sites excluding steroid dienone is 2. The highest BCUT2D eigenvalue weighted by molar-refractivity contribution is 5.46. The number of ether oxygens (including phenoxy) is 1. The molecule has 13 heavy (non-hydrogen) atoms. The van der Waals surface area contributed by atoms with E-state index in [1.807, 2.05) is 20.8 Å². The minimum atomic E-state index is -0.496. The summed E-state index contributed by atoms with van der Waals surface area (Å²) < 4.78 is 5.06. The van der Waals surface area contributed by atoms with Crippen LogP contribution in [0.5, 0.6) is 0 Å². The van der Waals surface area contributed by atoms with Gasteiger partial charge >= 0.3 is 0 Å². The molecule has 0 spiro atoms. The molecule has 2 N–H and O–H groups in total. The molecule has 0 heterocycles. The van der Waals surface area contributed by atoms with E-state index in [0.29, 0.717) is 5.76 Å². The van der Waals surface area contributed by atoms with Crippen LogP contribution in [0.4, 0.5) is 0 Å². The molecule has 0 unspecified atom stereocenters. The second kappa shape index (κ2) is 3.07. The SMILES string of the molecule is COC1=C(O)C(C)(C)C(CO)=C1C. The van der Waals surface area contributed by atoms with Crippen LogP contribution in [0.1, 0.15) is 20.8 Å². The summed E-state index contributed by atoms with van der Waals surface area (Å²) in [7, 11) is 1.52. The van der Waals surface area contributed by atoms with Crippen molar-refractivity contribution < 1.29 is 14.9 Å². The lowest BCUT2D eigenvalue weighted by molar-refractivity contribution is 0.224. The first-order chi connectivity index (χ1) is 5.96. The Balaban J connectivity index is 3.24. The molecule has 0 atom stereocenters. The van der Waals surface area contributed by atoms with Gasteiger partial charge in [-0.2, -0.15) is 0 Å². The average molecular weight is 184 g/mol. The lowest BCUT2D eigenvalue weighted by Crippen LogP contribution is -2.17. The number of hydrogen-bond acceptors (Lipinski definition) is 3. The molecular formula is C10H16O3. The first-order valence-corrected chi connectivity index (χ1v) is 4.26. The third kappa shape index (κ3) is 1.23. The van der Waals surface area contributed by atoms with E-state index < -0.39 is 5.41 Å². The molecule has 0 bridgehead atoms. The summed E-state index contributed by atoms with van der Waals surface area (Å²) in [4.78, 5) is 0. The highest BCUT2D eigenvalue weighted by atomic mass is 16.5. The van der Waals surface area contributed by atoms with Crippen molar-refractivity contribution in [1.29, 1.82) is 0 Å². The molecule has 1 rings (SSSR count). The lowest BCUT2D eigenvalue weighted by atomic mass is 9.85. The zero-order chi connectivity index (χ0) is 10.2. The lowest BCUT2D eigenvalue weighted by Gasteiger charge is -2.21. The Morgan fingerprint density at radius 1 is 1.38 bits per heavy atom. The fraction of sp³-hybridized carbons (Fsp3) is 0.600. The first-order valence-electron chi connectivity index (χ1n) is 4.26. The van der Waals surface area contributed by atoms with Crippen LogP contribution in [-0.4, -0.2) is 23.9 Å². The van der Waals surface area contributed by atoms with Crippen LogP contribution in [0.2, 0.25) is 0 Å². The number of aliphatic hydroxyl groups is 2. The van der Waals surface area contributed by atoms with Crippen molar-refractivity contribution in [2.75, 3.05) is 13.7 Å². The third-order valence-electron chi connectivity index (χ3n) is 2.72. The molecule has 0 radical (unpaired) electrons. The Kier molecular flexibility index (Phi) is 2.39. The number of rotatable bonds is 2. The van der Waals surface area contributed by atoms with Crippen LogP contribution in [0.3, 0.4) is 0 Å². The molecule has 0 aliphatic heterocycles. The minimum Gasteiger partial charge on any atom is -0.508 e. The molecule has 1 aliphatic carbocycles. The van der Waals surface area contributed by atoms with E-state index in [-0.39, 0.29) is 12.4 Å². The fourth-order valence-electron chi connectivity index (χ4n) is 1.78. The smallest absolute Gasteiger partial charge is 0.160 e. The molecular weight excluding hydrogens is 168 g/mol. The van der Waals surface area contributed by atoms with Gasteiger partial charge in [-0.25, -0.2) is 0 Å². The van der Waals surface area contributed by atoms with E-state index in [0.717, 1.165) is 11.1 Å². The van der Waals surface area contributed by atoms with Crippen molar-refractivity contribution in [3.05, 3.63) is 22.7 Å². The van der Waals surface area contributed by atoms with Gasteiger partial charge < -0.3 is 14.9 Å². The molecule has 0 amide bonds. The van der Waals surface area contributed by atoms with E-state index in [1.165, 1.54) is 7.11 Å². The van der Waals surface area contributed by atoms with Crippen LogP contribution in [0, 0.1) is 5.41 Å². The van der Waals surface area contributed by atoms with E-state index in [1.54, 1.807) is 0 Å². The van der Waals surface area contributed by atoms with Crippen LogP contribution < -0.4 is 0 Å². The highest BCUT2D eigenvalue weighted by Gasteiger charge is 2.39. The van der Waals surface area contributed by atoms with Gasteiger partial charge in [0.25, 0.3) is 0 Å². The van der Waals surface area contributed by atoms with E-state index in [9.17, 15) is 5.11 Å². The van der Waals surface area contributed by atoms with Gasteiger partial charge in [-0.1, -0.05) is 0 Å². The standard InChI is InChI=1S/C10H16O3/c1-6-7(5-11)10(2,3)9(12)8(6)13-4/h11-12H,5H2,1-4H3. The zero-order valence-corrected chi connectivity index (χ0v) is 8.51.